The number of carbonyl (C=O) groups is 1. The maximum Gasteiger partial charge on any atom is 0.239 e. The molecule has 5 nitrogen and oxygen atoms in total. The Kier molecular flexibility index (Phi) is 7.21. The smallest absolute Gasteiger partial charge is 0.239 e. The fourth-order valence-corrected chi connectivity index (χ4v) is 4.17. The summed E-state index contributed by atoms with van der Waals surface area (Å²) in [6.07, 6.45) is 5.46. The largest absolute Gasteiger partial charge is 0.393 e. The summed E-state index contributed by atoms with van der Waals surface area (Å²) in [5.74, 6) is 0.235. The molecule has 0 radical (unpaired) electrons. The normalized spacial score (nSPS) is 23.6. The maximum atomic E-state index is 13.1. The minimum atomic E-state index is -0.479. The highest BCUT2D eigenvalue weighted by Crippen LogP contribution is 2.44. The molecular formula is C22H32FN3O2. The molecule has 1 aromatic rings. The fraction of sp³-hybridized carbons (Fsp3) is 0.591. The van der Waals surface area contributed by atoms with Gasteiger partial charge in [-0.25, -0.2) is 4.39 Å². The second-order valence-corrected chi connectivity index (χ2v) is 8.05. The SMILES string of the molecule is C=CCN(CCC[C@H](N)C(=O)N1CCC(O)CC1)[C@@H]1C[C@H]1c1ccc(F)cc1. The summed E-state index contributed by atoms with van der Waals surface area (Å²) in [6.45, 7) is 6.72. The van der Waals surface area contributed by atoms with E-state index < -0.39 is 6.04 Å². The van der Waals surface area contributed by atoms with Gasteiger partial charge in [-0.15, -0.1) is 6.58 Å². The maximum absolute atomic E-state index is 13.1. The van der Waals surface area contributed by atoms with E-state index in [9.17, 15) is 14.3 Å². The second kappa shape index (κ2) is 9.63. The lowest BCUT2D eigenvalue weighted by atomic mass is 10.1. The average molecular weight is 390 g/mol. The molecule has 1 saturated heterocycles. The van der Waals surface area contributed by atoms with Crippen LogP contribution in [0.5, 0.6) is 0 Å². The van der Waals surface area contributed by atoms with E-state index in [1.807, 2.05) is 18.2 Å². The summed E-state index contributed by atoms with van der Waals surface area (Å²) < 4.78 is 13.1. The molecule has 1 amide bonds. The molecule has 0 spiro atoms. The number of aliphatic hydroxyl groups is 1. The van der Waals surface area contributed by atoms with Crippen LogP contribution in [-0.4, -0.2) is 65.2 Å². The van der Waals surface area contributed by atoms with Crippen LogP contribution >= 0.6 is 0 Å². The third-order valence-electron chi connectivity index (χ3n) is 5.94. The molecule has 2 fully saturated rings. The molecule has 154 valence electrons. The first-order valence-electron chi connectivity index (χ1n) is 10.3. The van der Waals surface area contributed by atoms with E-state index in [1.165, 1.54) is 17.7 Å². The summed E-state index contributed by atoms with van der Waals surface area (Å²) in [5, 5.41) is 9.57. The van der Waals surface area contributed by atoms with Gasteiger partial charge in [-0.1, -0.05) is 18.2 Å². The first-order valence-corrected chi connectivity index (χ1v) is 10.3. The molecule has 0 aromatic heterocycles. The van der Waals surface area contributed by atoms with Gasteiger partial charge in [0.25, 0.3) is 0 Å². The Labute approximate surface area is 167 Å². The molecule has 2 aliphatic rings. The van der Waals surface area contributed by atoms with Gasteiger partial charge in [0.05, 0.1) is 12.1 Å². The standard InChI is InChI=1S/C22H32FN3O2/c1-2-11-25(21-15-19(21)16-5-7-17(23)8-6-16)12-3-4-20(24)22(28)26-13-9-18(27)10-14-26/h2,5-8,18-21,27H,1,3-4,9-15,24H2/t19-,20-,21+/m0/s1. The van der Waals surface area contributed by atoms with Crippen LogP contribution in [0.3, 0.4) is 0 Å². The van der Waals surface area contributed by atoms with Crippen molar-refractivity contribution >= 4 is 5.91 Å². The van der Waals surface area contributed by atoms with Crippen LogP contribution in [0, 0.1) is 5.82 Å². The number of aliphatic hydroxyl groups excluding tert-OH is 1. The molecule has 0 unspecified atom stereocenters. The lowest BCUT2D eigenvalue weighted by molar-refractivity contribution is -0.134. The molecule has 1 aromatic carbocycles. The molecule has 0 bridgehead atoms. The number of benzene rings is 1. The van der Waals surface area contributed by atoms with E-state index in [4.69, 9.17) is 5.73 Å². The fourth-order valence-electron chi connectivity index (χ4n) is 4.17. The molecular weight excluding hydrogens is 357 g/mol. The minimum absolute atomic E-state index is 0.00205. The van der Waals surface area contributed by atoms with Crippen LogP contribution in [0.1, 0.15) is 43.6 Å². The number of carbonyl (C=O) groups excluding carboxylic acids is 1. The van der Waals surface area contributed by atoms with Gasteiger partial charge in [-0.3, -0.25) is 9.69 Å². The summed E-state index contributed by atoms with van der Waals surface area (Å²) in [6, 6.07) is 6.75. The van der Waals surface area contributed by atoms with Gasteiger partial charge in [0.1, 0.15) is 5.82 Å². The van der Waals surface area contributed by atoms with Crippen LogP contribution in [0.25, 0.3) is 0 Å². The van der Waals surface area contributed by atoms with Crippen molar-refractivity contribution in [3.8, 4) is 0 Å². The number of halogens is 1. The minimum Gasteiger partial charge on any atom is -0.393 e. The summed E-state index contributed by atoms with van der Waals surface area (Å²) in [4.78, 5) is 16.6. The molecule has 3 atom stereocenters. The molecule has 3 N–H and O–H groups in total. The molecule has 1 aliphatic carbocycles. The number of piperidine rings is 1. The third-order valence-corrected chi connectivity index (χ3v) is 5.94. The molecule has 28 heavy (non-hydrogen) atoms. The Hall–Kier alpha value is -1.76. The molecule has 3 rings (SSSR count). The van der Waals surface area contributed by atoms with Crippen LogP contribution in [0.15, 0.2) is 36.9 Å². The third kappa shape index (κ3) is 5.40. The van der Waals surface area contributed by atoms with Crippen molar-refractivity contribution in [2.24, 2.45) is 5.73 Å². The van der Waals surface area contributed by atoms with Crippen molar-refractivity contribution in [2.75, 3.05) is 26.2 Å². The zero-order chi connectivity index (χ0) is 20.1. The predicted molar refractivity (Wildman–Crippen MR) is 108 cm³/mol. The average Bonchev–Trinajstić information content (AvgIpc) is 3.48. The number of rotatable bonds is 9. The van der Waals surface area contributed by atoms with Crippen LogP contribution in [-0.2, 0) is 4.79 Å². The van der Waals surface area contributed by atoms with Crippen molar-refractivity contribution in [3.05, 3.63) is 48.3 Å². The number of hydrogen-bond donors (Lipinski definition) is 2. The van der Waals surface area contributed by atoms with E-state index in [0.717, 1.165) is 25.9 Å². The molecule has 1 aliphatic heterocycles. The Morgan fingerprint density at radius 3 is 2.68 bits per heavy atom. The summed E-state index contributed by atoms with van der Waals surface area (Å²) in [7, 11) is 0. The van der Waals surface area contributed by atoms with Gasteiger partial charge >= 0.3 is 0 Å². The van der Waals surface area contributed by atoms with Gasteiger partial charge in [0, 0.05) is 31.6 Å². The second-order valence-electron chi connectivity index (χ2n) is 8.05. The van der Waals surface area contributed by atoms with Gasteiger partial charge in [-0.05, 0) is 56.3 Å². The van der Waals surface area contributed by atoms with Gasteiger partial charge in [0.2, 0.25) is 5.91 Å². The number of likely N-dealkylation sites (tertiary alicyclic amines) is 1. The molecule has 1 saturated carbocycles. The zero-order valence-electron chi connectivity index (χ0n) is 16.5. The number of nitrogens with zero attached hydrogens (tertiary/aromatic N) is 2. The highest BCUT2D eigenvalue weighted by molar-refractivity contribution is 5.81. The van der Waals surface area contributed by atoms with Crippen LogP contribution < -0.4 is 5.73 Å². The van der Waals surface area contributed by atoms with E-state index in [1.54, 1.807) is 4.90 Å². The zero-order valence-corrected chi connectivity index (χ0v) is 16.5. The lowest BCUT2D eigenvalue weighted by Crippen LogP contribution is -2.48. The van der Waals surface area contributed by atoms with Gasteiger partial charge in [-0.2, -0.15) is 0 Å². The monoisotopic (exact) mass is 389 g/mol. The molecule has 1 heterocycles. The van der Waals surface area contributed by atoms with Gasteiger partial charge < -0.3 is 15.7 Å². The van der Waals surface area contributed by atoms with E-state index >= 15 is 0 Å². The predicted octanol–water partition coefficient (Wildman–Crippen LogP) is 2.26. The number of hydrogen-bond acceptors (Lipinski definition) is 4. The quantitative estimate of drug-likeness (QED) is 0.636. The molecule has 6 heteroatoms. The Morgan fingerprint density at radius 1 is 1.36 bits per heavy atom. The summed E-state index contributed by atoms with van der Waals surface area (Å²) in [5.41, 5.74) is 7.32. The van der Waals surface area contributed by atoms with Crippen molar-refractivity contribution < 1.29 is 14.3 Å². The lowest BCUT2D eigenvalue weighted by Gasteiger charge is -2.31. The first kappa shape index (κ1) is 21.0. The number of amides is 1. The van der Waals surface area contributed by atoms with Crippen molar-refractivity contribution in [3.63, 3.8) is 0 Å². The number of nitrogens with two attached hydrogens (primary N) is 1. The van der Waals surface area contributed by atoms with Crippen molar-refractivity contribution in [2.45, 2.75) is 56.2 Å². The Balaban J connectivity index is 1.44. The van der Waals surface area contributed by atoms with Crippen LogP contribution in [0.4, 0.5) is 4.39 Å². The van der Waals surface area contributed by atoms with E-state index in [0.29, 0.717) is 44.3 Å². The van der Waals surface area contributed by atoms with E-state index in [2.05, 4.69) is 11.5 Å². The van der Waals surface area contributed by atoms with E-state index in [-0.39, 0.29) is 17.8 Å². The highest BCUT2D eigenvalue weighted by atomic mass is 19.1. The summed E-state index contributed by atoms with van der Waals surface area (Å²) >= 11 is 0. The van der Waals surface area contributed by atoms with Crippen molar-refractivity contribution in [1.82, 2.24) is 9.80 Å². The van der Waals surface area contributed by atoms with Crippen LogP contribution in [0.2, 0.25) is 0 Å². The highest BCUT2D eigenvalue weighted by Gasteiger charge is 2.42. The topological polar surface area (TPSA) is 69.8 Å². The van der Waals surface area contributed by atoms with Crippen molar-refractivity contribution in [1.29, 1.82) is 0 Å². The first-order chi connectivity index (χ1) is 13.5. The van der Waals surface area contributed by atoms with Gasteiger partial charge in [0.15, 0.2) is 0 Å². The Morgan fingerprint density at radius 2 is 2.04 bits per heavy atom. The Bertz CT molecular complexity index is 658.